The van der Waals surface area contributed by atoms with Crippen molar-refractivity contribution in [2.45, 2.75) is 53.0 Å². The summed E-state index contributed by atoms with van der Waals surface area (Å²) in [4.78, 5) is 23.7. The monoisotopic (exact) mass is 301 g/mol. The van der Waals surface area contributed by atoms with Crippen molar-refractivity contribution in [3.8, 4) is 0 Å². The Bertz CT molecular complexity index is 761. The molecule has 0 unspecified atom stereocenters. The van der Waals surface area contributed by atoms with E-state index in [1.807, 2.05) is 45.3 Å². The van der Waals surface area contributed by atoms with Crippen LogP contribution < -0.4 is 0 Å². The minimum Gasteiger partial charge on any atom is -0.478 e. The predicted octanol–water partition coefficient (Wildman–Crippen LogP) is 4.42. The second-order valence-electron chi connectivity index (χ2n) is 7.08. The Morgan fingerprint density at radius 1 is 1.14 bits per heavy atom. The molecule has 0 saturated carbocycles. The summed E-state index contributed by atoms with van der Waals surface area (Å²) in [5.74, 6) is -1.02. The zero-order chi connectivity index (χ0) is 16.8. The Balaban J connectivity index is 3.00. The maximum atomic E-state index is 12.0. The summed E-state index contributed by atoms with van der Waals surface area (Å²) in [7, 11) is 0. The zero-order valence-corrected chi connectivity index (χ0v) is 14.0. The number of carboxylic acids is 1. The molecule has 4 nitrogen and oxygen atoms in total. The lowest BCUT2D eigenvalue weighted by molar-refractivity contribution is 0.0698. The maximum absolute atomic E-state index is 12.0. The van der Waals surface area contributed by atoms with Crippen LogP contribution in [0.3, 0.4) is 0 Å². The third kappa shape index (κ3) is 2.65. The maximum Gasteiger partial charge on any atom is 0.337 e. The Labute approximate surface area is 130 Å². The van der Waals surface area contributed by atoms with Crippen LogP contribution in [0.2, 0.25) is 0 Å². The van der Waals surface area contributed by atoms with Gasteiger partial charge in [0, 0.05) is 23.2 Å². The van der Waals surface area contributed by atoms with Gasteiger partial charge >= 0.3 is 5.97 Å². The van der Waals surface area contributed by atoms with Gasteiger partial charge in [-0.25, -0.2) is 4.79 Å². The van der Waals surface area contributed by atoms with Crippen molar-refractivity contribution in [1.29, 1.82) is 0 Å². The molecule has 0 aliphatic heterocycles. The normalized spacial score (nSPS) is 12.1. The molecule has 0 aliphatic carbocycles. The van der Waals surface area contributed by atoms with E-state index < -0.39 is 5.97 Å². The summed E-state index contributed by atoms with van der Waals surface area (Å²) < 4.78 is 1.88. The molecule has 0 bridgehead atoms. The Kier molecular flexibility index (Phi) is 3.90. The molecule has 0 saturated heterocycles. The average Bonchev–Trinajstić information content (AvgIpc) is 2.75. The number of nitrogens with zero attached hydrogens (tertiary/aromatic N) is 1. The van der Waals surface area contributed by atoms with Gasteiger partial charge in [-0.05, 0) is 43.9 Å². The number of Topliss-reactive ketones (excluding diaryl/α,β-unsaturated/α-hetero) is 1. The quantitative estimate of drug-likeness (QED) is 0.854. The van der Waals surface area contributed by atoms with E-state index in [2.05, 4.69) is 0 Å². The average molecular weight is 301 g/mol. The summed E-state index contributed by atoms with van der Waals surface area (Å²) >= 11 is 0. The van der Waals surface area contributed by atoms with Gasteiger partial charge < -0.3 is 9.67 Å². The molecule has 22 heavy (non-hydrogen) atoms. The zero-order valence-electron chi connectivity index (χ0n) is 14.0. The van der Waals surface area contributed by atoms with Crippen LogP contribution >= 0.6 is 0 Å². The van der Waals surface area contributed by atoms with Gasteiger partial charge in [-0.3, -0.25) is 4.79 Å². The first kappa shape index (κ1) is 16.3. The number of hydrogen-bond donors (Lipinski definition) is 1. The minimum absolute atomic E-state index is 0.0493. The van der Waals surface area contributed by atoms with Crippen molar-refractivity contribution in [3.63, 3.8) is 0 Å². The van der Waals surface area contributed by atoms with Crippen molar-refractivity contribution >= 4 is 22.7 Å². The molecule has 0 fully saturated rings. The second kappa shape index (κ2) is 5.27. The summed E-state index contributed by atoms with van der Waals surface area (Å²) in [6.07, 6.45) is 1.77. The van der Waals surface area contributed by atoms with E-state index in [1.54, 1.807) is 12.3 Å². The highest BCUT2D eigenvalue weighted by atomic mass is 16.4. The number of rotatable bonds is 3. The molecule has 1 N–H and O–H groups in total. The molecule has 0 spiro atoms. The number of aromatic carboxylic acids is 1. The molecule has 1 aromatic heterocycles. The molecule has 1 aromatic carbocycles. The summed E-state index contributed by atoms with van der Waals surface area (Å²) in [5, 5.41) is 10.4. The van der Waals surface area contributed by atoms with Gasteiger partial charge in [0.2, 0.25) is 0 Å². The Hall–Kier alpha value is -2.10. The molecule has 4 heteroatoms. The minimum atomic E-state index is -0.966. The van der Waals surface area contributed by atoms with Gasteiger partial charge in [0.15, 0.2) is 5.78 Å². The van der Waals surface area contributed by atoms with Gasteiger partial charge in [-0.2, -0.15) is 0 Å². The number of fused-ring (bicyclic) bond motifs is 1. The van der Waals surface area contributed by atoms with Crippen LogP contribution in [-0.2, 0) is 5.41 Å². The number of carboxylic acid groups (broad SMARTS) is 1. The van der Waals surface area contributed by atoms with Gasteiger partial charge in [0.05, 0.1) is 11.1 Å². The molecule has 118 valence electrons. The fourth-order valence-electron chi connectivity index (χ4n) is 2.67. The Morgan fingerprint density at radius 3 is 2.14 bits per heavy atom. The highest BCUT2D eigenvalue weighted by Gasteiger charge is 2.24. The van der Waals surface area contributed by atoms with Gasteiger partial charge in [-0.1, -0.05) is 20.8 Å². The van der Waals surface area contributed by atoms with Crippen LogP contribution in [0.4, 0.5) is 0 Å². The molecule has 0 amide bonds. The van der Waals surface area contributed by atoms with Crippen LogP contribution in [0.15, 0.2) is 18.3 Å². The van der Waals surface area contributed by atoms with Gasteiger partial charge in [-0.15, -0.1) is 0 Å². The van der Waals surface area contributed by atoms with Crippen LogP contribution in [0.1, 0.15) is 73.9 Å². The van der Waals surface area contributed by atoms with Crippen LogP contribution in [0.5, 0.6) is 0 Å². The summed E-state index contributed by atoms with van der Waals surface area (Å²) in [6, 6.07) is 3.76. The lowest BCUT2D eigenvalue weighted by atomic mass is 9.84. The summed E-state index contributed by atoms with van der Waals surface area (Å²) in [5.41, 5.74) is 2.19. The smallest absolute Gasteiger partial charge is 0.337 e. The van der Waals surface area contributed by atoms with Crippen molar-refractivity contribution in [2.24, 2.45) is 0 Å². The van der Waals surface area contributed by atoms with E-state index in [4.69, 9.17) is 0 Å². The first-order valence-corrected chi connectivity index (χ1v) is 7.47. The molecule has 0 radical (unpaired) electrons. The molecular formula is C18H23NO3. The van der Waals surface area contributed by atoms with Crippen molar-refractivity contribution in [2.75, 3.05) is 0 Å². The fraction of sp³-hybridized carbons (Fsp3) is 0.444. The predicted molar refractivity (Wildman–Crippen MR) is 88.0 cm³/mol. The van der Waals surface area contributed by atoms with Crippen LogP contribution in [0, 0.1) is 0 Å². The second-order valence-corrected chi connectivity index (χ2v) is 7.08. The van der Waals surface area contributed by atoms with E-state index >= 15 is 0 Å². The molecule has 0 aliphatic rings. The third-order valence-electron chi connectivity index (χ3n) is 3.96. The number of hydrogen-bond acceptors (Lipinski definition) is 2. The van der Waals surface area contributed by atoms with E-state index in [-0.39, 0.29) is 22.8 Å². The largest absolute Gasteiger partial charge is 0.478 e. The topological polar surface area (TPSA) is 59.3 Å². The van der Waals surface area contributed by atoms with E-state index in [0.29, 0.717) is 11.1 Å². The first-order chi connectivity index (χ1) is 10.0. The lowest BCUT2D eigenvalue weighted by Gasteiger charge is -2.21. The molecule has 2 rings (SSSR count). The standard InChI is InChI=1S/C18H23NO3/c1-10(2)19-9-15(11(3)20)13-7-12(18(4,5)6)8-14(16(13)19)17(21)22/h7-10H,1-6H3,(H,21,22). The Morgan fingerprint density at radius 2 is 1.73 bits per heavy atom. The van der Waals surface area contributed by atoms with E-state index in [0.717, 1.165) is 10.9 Å². The number of carbonyl (C=O) groups excluding carboxylic acids is 1. The molecule has 2 aromatic rings. The van der Waals surface area contributed by atoms with E-state index in [9.17, 15) is 14.7 Å². The van der Waals surface area contributed by atoms with Crippen LogP contribution in [0.25, 0.3) is 10.9 Å². The van der Waals surface area contributed by atoms with Crippen molar-refractivity contribution < 1.29 is 14.7 Å². The number of ketones is 1. The first-order valence-electron chi connectivity index (χ1n) is 7.47. The number of aromatic nitrogens is 1. The fourth-order valence-corrected chi connectivity index (χ4v) is 2.67. The molecule has 1 heterocycles. The van der Waals surface area contributed by atoms with Crippen molar-refractivity contribution in [3.05, 3.63) is 35.0 Å². The lowest BCUT2D eigenvalue weighted by Crippen LogP contribution is -2.13. The molecular weight excluding hydrogens is 278 g/mol. The SMILES string of the molecule is CC(=O)c1cn(C(C)C)c2c(C(=O)O)cc(C(C)(C)C)cc12. The van der Waals surface area contributed by atoms with Gasteiger partial charge in [0.1, 0.15) is 0 Å². The highest BCUT2D eigenvalue weighted by molar-refractivity contribution is 6.12. The van der Waals surface area contributed by atoms with E-state index in [1.165, 1.54) is 6.92 Å². The number of carbonyl (C=O) groups is 2. The van der Waals surface area contributed by atoms with Crippen LogP contribution in [-0.4, -0.2) is 21.4 Å². The molecule has 0 atom stereocenters. The number of benzene rings is 1. The highest BCUT2D eigenvalue weighted by Crippen LogP contribution is 2.33. The third-order valence-corrected chi connectivity index (χ3v) is 3.96. The van der Waals surface area contributed by atoms with Crippen molar-refractivity contribution in [1.82, 2.24) is 4.57 Å². The van der Waals surface area contributed by atoms with Gasteiger partial charge in [0.25, 0.3) is 0 Å². The summed E-state index contributed by atoms with van der Waals surface area (Å²) in [6.45, 7) is 11.6.